The third-order valence-corrected chi connectivity index (χ3v) is 2.89. The zero-order valence-electron chi connectivity index (χ0n) is 10.9. The topological polar surface area (TPSA) is 45.0 Å². The fourth-order valence-electron chi connectivity index (χ4n) is 1.84. The molecular formula is C16H16N2O. The van der Waals surface area contributed by atoms with E-state index in [1.165, 1.54) is 5.56 Å². The predicted octanol–water partition coefficient (Wildman–Crippen LogP) is 3.22. The SMILES string of the molecule is COc1cccc(CCNc2ccc(C#N)cc2)c1. The van der Waals surface area contributed by atoms with E-state index in [4.69, 9.17) is 10.00 Å². The first kappa shape index (κ1) is 13.0. The minimum atomic E-state index is 0.679. The maximum absolute atomic E-state index is 8.72. The summed E-state index contributed by atoms with van der Waals surface area (Å²) in [4.78, 5) is 0. The van der Waals surface area contributed by atoms with Crippen molar-refractivity contribution in [3.63, 3.8) is 0 Å². The summed E-state index contributed by atoms with van der Waals surface area (Å²) in [5.41, 5.74) is 2.95. The van der Waals surface area contributed by atoms with Gasteiger partial charge < -0.3 is 10.1 Å². The van der Waals surface area contributed by atoms with Gasteiger partial charge in [-0.2, -0.15) is 5.26 Å². The summed E-state index contributed by atoms with van der Waals surface area (Å²) in [6, 6.07) is 17.6. The zero-order valence-corrected chi connectivity index (χ0v) is 10.9. The molecule has 96 valence electrons. The van der Waals surface area contributed by atoms with Crippen LogP contribution in [-0.2, 0) is 6.42 Å². The lowest BCUT2D eigenvalue weighted by Gasteiger charge is -2.07. The molecule has 3 heteroatoms. The molecule has 0 saturated carbocycles. The van der Waals surface area contributed by atoms with Crippen LogP contribution >= 0.6 is 0 Å². The van der Waals surface area contributed by atoms with Crippen LogP contribution in [0.4, 0.5) is 5.69 Å². The molecule has 0 amide bonds. The van der Waals surface area contributed by atoms with Gasteiger partial charge in [0.25, 0.3) is 0 Å². The van der Waals surface area contributed by atoms with Crippen LogP contribution in [-0.4, -0.2) is 13.7 Å². The van der Waals surface area contributed by atoms with E-state index in [9.17, 15) is 0 Å². The molecule has 3 nitrogen and oxygen atoms in total. The molecule has 2 aromatic carbocycles. The highest BCUT2D eigenvalue weighted by molar-refractivity contribution is 5.47. The Balaban J connectivity index is 1.87. The molecule has 0 aliphatic heterocycles. The fraction of sp³-hybridized carbons (Fsp3) is 0.188. The quantitative estimate of drug-likeness (QED) is 0.888. The molecule has 0 atom stereocenters. The molecule has 0 saturated heterocycles. The van der Waals surface area contributed by atoms with Crippen LogP contribution in [0.1, 0.15) is 11.1 Å². The molecule has 19 heavy (non-hydrogen) atoms. The van der Waals surface area contributed by atoms with E-state index in [1.54, 1.807) is 7.11 Å². The second kappa shape index (κ2) is 6.46. The third kappa shape index (κ3) is 3.75. The molecule has 0 unspecified atom stereocenters. The summed E-state index contributed by atoms with van der Waals surface area (Å²) in [7, 11) is 1.67. The monoisotopic (exact) mass is 252 g/mol. The van der Waals surface area contributed by atoms with Crippen LogP contribution in [0, 0.1) is 11.3 Å². The lowest BCUT2D eigenvalue weighted by atomic mass is 10.1. The van der Waals surface area contributed by atoms with Gasteiger partial charge >= 0.3 is 0 Å². The lowest BCUT2D eigenvalue weighted by Crippen LogP contribution is -2.04. The van der Waals surface area contributed by atoms with Gasteiger partial charge in [-0.1, -0.05) is 12.1 Å². The number of ether oxygens (including phenoxy) is 1. The van der Waals surface area contributed by atoms with Crippen molar-refractivity contribution in [3.8, 4) is 11.8 Å². The highest BCUT2D eigenvalue weighted by Crippen LogP contribution is 2.13. The summed E-state index contributed by atoms with van der Waals surface area (Å²) in [6.45, 7) is 0.846. The molecule has 1 N–H and O–H groups in total. The van der Waals surface area contributed by atoms with Crippen LogP contribution in [0.15, 0.2) is 48.5 Å². The molecule has 0 aromatic heterocycles. The van der Waals surface area contributed by atoms with Crippen molar-refractivity contribution in [2.45, 2.75) is 6.42 Å². The van der Waals surface area contributed by atoms with Gasteiger partial charge in [0.1, 0.15) is 5.75 Å². The smallest absolute Gasteiger partial charge is 0.119 e. The average Bonchev–Trinajstić information content (AvgIpc) is 2.48. The Morgan fingerprint density at radius 3 is 2.63 bits per heavy atom. The first-order valence-electron chi connectivity index (χ1n) is 6.19. The number of nitrogens with zero attached hydrogens (tertiary/aromatic N) is 1. The largest absolute Gasteiger partial charge is 0.497 e. The van der Waals surface area contributed by atoms with Crippen molar-refractivity contribution in [2.24, 2.45) is 0 Å². The number of hydrogen-bond donors (Lipinski definition) is 1. The number of benzene rings is 2. The van der Waals surface area contributed by atoms with E-state index >= 15 is 0 Å². The summed E-state index contributed by atoms with van der Waals surface area (Å²) in [5.74, 6) is 0.885. The second-order valence-electron chi connectivity index (χ2n) is 4.22. The molecule has 2 rings (SSSR count). The average molecular weight is 252 g/mol. The zero-order chi connectivity index (χ0) is 13.5. The van der Waals surface area contributed by atoms with Crippen LogP contribution in [0.2, 0.25) is 0 Å². The minimum Gasteiger partial charge on any atom is -0.497 e. The first-order chi connectivity index (χ1) is 9.31. The molecule has 2 aromatic rings. The number of methoxy groups -OCH3 is 1. The standard InChI is InChI=1S/C16H16N2O/c1-19-16-4-2-3-13(11-16)9-10-18-15-7-5-14(12-17)6-8-15/h2-8,11,18H,9-10H2,1H3. The molecule has 0 heterocycles. The molecular weight excluding hydrogens is 236 g/mol. The van der Waals surface area contributed by atoms with Gasteiger partial charge in [-0.15, -0.1) is 0 Å². The van der Waals surface area contributed by atoms with Crippen molar-refractivity contribution in [2.75, 3.05) is 19.0 Å². The van der Waals surface area contributed by atoms with Gasteiger partial charge in [-0.3, -0.25) is 0 Å². The fourth-order valence-corrected chi connectivity index (χ4v) is 1.84. The number of nitriles is 1. The summed E-state index contributed by atoms with van der Waals surface area (Å²) in [5, 5.41) is 12.1. The highest BCUT2D eigenvalue weighted by Gasteiger charge is 1.97. The minimum absolute atomic E-state index is 0.679. The van der Waals surface area contributed by atoms with Gasteiger partial charge in [0.2, 0.25) is 0 Å². The van der Waals surface area contributed by atoms with E-state index in [0.29, 0.717) is 5.56 Å². The van der Waals surface area contributed by atoms with E-state index in [1.807, 2.05) is 42.5 Å². The van der Waals surface area contributed by atoms with Gasteiger partial charge in [-0.05, 0) is 48.4 Å². The first-order valence-corrected chi connectivity index (χ1v) is 6.19. The Hall–Kier alpha value is -2.47. The normalized spacial score (nSPS) is 9.68. The van der Waals surface area contributed by atoms with Crippen molar-refractivity contribution < 1.29 is 4.74 Å². The molecule has 0 spiro atoms. The van der Waals surface area contributed by atoms with Gasteiger partial charge in [0.05, 0.1) is 18.7 Å². The Morgan fingerprint density at radius 1 is 1.16 bits per heavy atom. The summed E-state index contributed by atoms with van der Waals surface area (Å²) >= 11 is 0. The molecule has 0 fully saturated rings. The van der Waals surface area contributed by atoms with Crippen molar-refractivity contribution in [1.29, 1.82) is 5.26 Å². The van der Waals surface area contributed by atoms with Crippen molar-refractivity contribution in [3.05, 3.63) is 59.7 Å². The molecule has 0 radical (unpaired) electrons. The van der Waals surface area contributed by atoms with E-state index < -0.39 is 0 Å². The molecule has 0 aliphatic carbocycles. The molecule has 0 aliphatic rings. The van der Waals surface area contributed by atoms with Crippen LogP contribution in [0.3, 0.4) is 0 Å². The van der Waals surface area contributed by atoms with E-state index in [2.05, 4.69) is 17.5 Å². The summed E-state index contributed by atoms with van der Waals surface area (Å²) in [6.07, 6.45) is 0.928. The van der Waals surface area contributed by atoms with Gasteiger partial charge in [0, 0.05) is 12.2 Å². The van der Waals surface area contributed by atoms with E-state index in [-0.39, 0.29) is 0 Å². The predicted molar refractivity (Wildman–Crippen MR) is 76.3 cm³/mol. The van der Waals surface area contributed by atoms with Gasteiger partial charge in [-0.25, -0.2) is 0 Å². The Bertz CT molecular complexity index is 570. The third-order valence-electron chi connectivity index (χ3n) is 2.89. The van der Waals surface area contributed by atoms with Crippen molar-refractivity contribution >= 4 is 5.69 Å². The second-order valence-corrected chi connectivity index (χ2v) is 4.22. The molecule has 0 bridgehead atoms. The van der Waals surface area contributed by atoms with E-state index in [0.717, 1.165) is 24.4 Å². The number of anilines is 1. The van der Waals surface area contributed by atoms with Crippen LogP contribution in [0.5, 0.6) is 5.75 Å². The van der Waals surface area contributed by atoms with Crippen molar-refractivity contribution in [1.82, 2.24) is 0 Å². The Kier molecular flexibility index (Phi) is 4.41. The number of nitrogens with one attached hydrogen (secondary N) is 1. The van der Waals surface area contributed by atoms with Crippen LogP contribution < -0.4 is 10.1 Å². The van der Waals surface area contributed by atoms with Crippen LogP contribution in [0.25, 0.3) is 0 Å². The Morgan fingerprint density at radius 2 is 1.95 bits per heavy atom. The van der Waals surface area contributed by atoms with Gasteiger partial charge in [0.15, 0.2) is 0 Å². The lowest BCUT2D eigenvalue weighted by molar-refractivity contribution is 0.414. The number of rotatable bonds is 5. The maximum atomic E-state index is 8.72. The summed E-state index contributed by atoms with van der Waals surface area (Å²) < 4.78 is 5.19. The highest BCUT2D eigenvalue weighted by atomic mass is 16.5. The number of hydrogen-bond acceptors (Lipinski definition) is 3. The Labute approximate surface area is 113 Å². The maximum Gasteiger partial charge on any atom is 0.119 e.